The van der Waals surface area contributed by atoms with Gasteiger partial charge in [-0.2, -0.15) is 0 Å². The molecule has 1 aromatic carbocycles. The van der Waals surface area contributed by atoms with Crippen LogP contribution in [0.5, 0.6) is 5.75 Å². The normalized spacial score (nSPS) is 13.3. The summed E-state index contributed by atoms with van der Waals surface area (Å²) in [6.07, 6.45) is 0.715. The molecule has 1 rings (SSSR count). The van der Waals surface area contributed by atoms with Crippen LogP contribution in [0.2, 0.25) is 0 Å². The molecule has 3 heteroatoms. The second-order valence-electron chi connectivity index (χ2n) is 5.86. The summed E-state index contributed by atoms with van der Waals surface area (Å²) < 4.78 is 5.84. The topological polar surface area (TPSA) is 41.5 Å². The van der Waals surface area contributed by atoms with Gasteiger partial charge in [-0.1, -0.05) is 39.8 Å². The Bertz CT molecular complexity index is 365. The van der Waals surface area contributed by atoms with Crippen molar-refractivity contribution >= 4 is 0 Å². The lowest BCUT2D eigenvalue weighted by molar-refractivity contribution is 0.215. The van der Waals surface area contributed by atoms with E-state index in [0.717, 1.165) is 12.3 Å². The number of likely N-dealkylation sites (N-methyl/N-ethyl adjacent to an activating group) is 1. The van der Waals surface area contributed by atoms with Crippen molar-refractivity contribution in [1.29, 1.82) is 0 Å². The minimum Gasteiger partial charge on any atom is -0.492 e. The van der Waals surface area contributed by atoms with Crippen LogP contribution >= 0.6 is 0 Å². The van der Waals surface area contributed by atoms with Crippen molar-refractivity contribution in [3.63, 3.8) is 0 Å². The highest BCUT2D eigenvalue weighted by Gasteiger charge is 2.14. The van der Waals surface area contributed by atoms with Crippen LogP contribution in [-0.4, -0.2) is 30.9 Å². The van der Waals surface area contributed by atoms with Crippen LogP contribution in [0.1, 0.15) is 39.7 Å². The maximum Gasteiger partial charge on any atom is 0.119 e. The van der Waals surface area contributed by atoms with Crippen molar-refractivity contribution in [2.45, 2.75) is 45.6 Å². The number of hydrogen-bond acceptors (Lipinski definition) is 3. The lowest BCUT2D eigenvalue weighted by Crippen LogP contribution is -2.35. The predicted octanol–water partition coefficient (Wildman–Crippen LogP) is 2.72. The second-order valence-corrected chi connectivity index (χ2v) is 5.86. The molecular weight excluding hydrogens is 238 g/mol. The Kier molecular flexibility index (Phi) is 6.32. The van der Waals surface area contributed by atoms with Gasteiger partial charge in [0.05, 0.1) is 0 Å². The number of nitrogens with one attached hydrogen (secondary N) is 1. The Labute approximate surface area is 117 Å². The van der Waals surface area contributed by atoms with Gasteiger partial charge in [-0.05, 0) is 36.1 Å². The molecule has 0 aliphatic rings. The summed E-state index contributed by atoms with van der Waals surface area (Å²) >= 11 is 0. The second kappa shape index (κ2) is 7.51. The lowest BCUT2D eigenvalue weighted by atomic mass is 9.87. The van der Waals surface area contributed by atoms with E-state index in [-0.39, 0.29) is 18.1 Å². The van der Waals surface area contributed by atoms with Crippen LogP contribution in [0.25, 0.3) is 0 Å². The van der Waals surface area contributed by atoms with Gasteiger partial charge >= 0.3 is 0 Å². The molecule has 3 nitrogen and oxygen atoms in total. The highest BCUT2D eigenvalue weighted by atomic mass is 16.5. The molecule has 1 atom stereocenters. The molecule has 0 amide bonds. The van der Waals surface area contributed by atoms with Crippen LogP contribution in [0.15, 0.2) is 24.3 Å². The Morgan fingerprint density at radius 1 is 1.32 bits per heavy atom. The van der Waals surface area contributed by atoms with E-state index in [4.69, 9.17) is 9.84 Å². The van der Waals surface area contributed by atoms with Gasteiger partial charge in [0.2, 0.25) is 0 Å². The average Bonchev–Trinajstić information content (AvgIpc) is 2.36. The molecule has 0 saturated carbocycles. The number of aliphatic hydroxyl groups is 1. The fraction of sp³-hybridized carbons (Fsp3) is 0.625. The van der Waals surface area contributed by atoms with E-state index in [1.54, 1.807) is 0 Å². The summed E-state index contributed by atoms with van der Waals surface area (Å²) in [7, 11) is 0. The minimum atomic E-state index is 0.130. The van der Waals surface area contributed by atoms with Gasteiger partial charge < -0.3 is 15.2 Å². The summed E-state index contributed by atoms with van der Waals surface area (Å²) in [6, 6.07) is 8.44. The third-order valence-electron chi connectivity index (χ3n) is 3.12. The van der Waals surface area contributed by atoms with Crippen molar-refractivity contribution in [2.75, 3.05) is 19.8 Å². The number of aliphatic hydroxyl groups excluding tert-OH is 1. The molecule has 0 aliphatic carbocycles. The SMILES string of the molecule is CCNC(CCO)COc1cccc(C(C)(C)C)c1. The number of rotatable bonds is 7. The Hall–Kier alpha value is -1.06. The Morgan fingerprint density at radius 2 is 2.05 bits per heavy atom. The molecule has 1 aromatic rings. The van der Waals surface area contributed by atoms with E-state index in [0.29, 0.717) is 13.0 Å². The third kappa shape index (κ3) is 5.62. The lowest BCUT2D eigenvalue weighted by Gasteiger charge is -2.21. The molecule has 0 fully saturated rings. The smallest absolute Gasteiger partial charge is 0.119 e. The molecule has 0 heterocycles. The molecule has 108 valence electrons. The molecule has 0 aromatic heterocycles. The third-order valence-corrected chi connectivity index (χ3v) is 3.12. The van der Waals surface area contributed by atoms with Crippen LogP contribution in [0.4, 0.5) is 0 Å². The molecule has 2 N–H and O–H groups in total. The first-order valence-electron chi connectivity index (χ1n) is 7.05. The fourth-order valence-corrected chi connectivity index (χ4v) is 1.94. The first-order chi connectivity index (χ1) is 8.97. The van der Waals surface area contributed by atoms with E-state index in [1.807, 2.05) is 12.1 Å². The zero-order valence-corrected chi connectivity index (χ0v) is 12.6. The van der Waals surface area contributed by atoms with Crippen molar-refractivity contribution in [3.05, 3.63) is 29.8 Å². The van der Waals surface area contributed by atoms with E-state index in [2.05, 4.69) is 45.1 Å². The Morgan fingerprint density at radius 3 is 2.63 bits per heavy atom. The number of ether oxygens (including phenoxy) is 1. The standard InChI is InChI=1S/C16H27NO2/c1-5-17-14(9-10-18)12-19-15-8-6-7-13(11-15)16(2,3)4/h6-8,11,14,17-18H,5,9-10,12H2,1-4H3. The van der Waals surface area contributed by atoms with Gasteiger partial charge in [0.25, 0.3) is 0 Å². The first kappa shape index (κ1) is 16.0. The number of hydrogen-bond donors (Lipinski definition) is 2. The van der Waals surface area contributed by atoms with Gasteiger partial charge in [-0.25, -0.2) is 0 Å². The fourth-order valence-electron chi connectivity index (χ4n) is 1.94. The summed E-state index contributed by atoms with van der Waals surface area (Å²) in [5.74, 6) is 0.897. The molecule has 19 heavy (non-hydrogen) atoms. The largest absolute Gasteiger partial charge is 0.492 e. The van der Waals surface area contributed by atoms with Crippen LogP contribution < -0.4 is 10.1 Å². The highest BCUT2D eigenvalue weighted by Crippen LogP contribution is 2.25. The van der Waals surface area contributed by atoms with Crippen molar-refractivity contribution in [1.82, 2.24) is 5.32 Å². The number of benzene rings is 1. The zero-order chi connectivity index (χ0) is 14.3. The molecule has 0 saturated heterocycles. The molecular formula is C16H27NO2. The van der Waals surface area contributed by atoms with Gasteiger partial charge in [-0.15, -0.1) is 0 Å². The van der Waals surface area contributed by atoms with E-state index < -0.39 is 0 Å². The van der Waals surface area contributed by atoms with Gasteiger partial charge in [0, 0.05) is 12.6 Å². The minimum absolute atomic E-state index is 0.130. The summed E-state index contributed by atoms with van der Waals surface area (Å²) in [5.41, 5.74) is 1.40. The maximum atomic E-state index is 9.02. The van der Waals surface area contributed by atoms with E-state index in [9.17, 15) is 0 Å². The summed E-state index contributed by atoms with van der Waals surface area (Å²) in [6.45, 7) is 10.3. The van der Waals surface area contributed by atoms with Crippen molar-refractivity contribution in [2.24, 2.45) is 0 Å². The van der Waals surface area contributed by atoms with Crippen LogP contribution in [-0.2, 0) is 5.41 Å². The van der Waals surface area contributed by atoms with Crippen LogP contribution in [0, 0.1) is 0 Å². The van der Waals surface area contributed by atoms with Crippen molar-refractivity contribution < 1.29 is 9.84 Å². The van der Waals surface area contributed by atoms with Gasteiger partial charge in [-0.3, -0.25) is 0 Å². The average molecular weight is 265 g/mol. The summed E-state index contributed by atoms with van der Waals surface area (Å²) in [5, 5.41) is 12.3. The molecule has 1 unspecified atom stereocenters. The maximum absolute atomic E-state index is 9.02. The molecule has 0 radical (unpaired) electrons. The Balaban J connectivity index is 2.61. The quantitative estimate of drug-likeness (QED) is 0.796. The molecule has 0 aliphatic heterocycles. The molecule has 0 bridgehead atoms. The predicted molar refractivity (Wildman–Crippen MR) is 79.8 cm³/mol. The summed E-state index contributed by atoms with van der Waals surface area (Å²) in [4.78, 5) is 0. The highest BCUT2D eigenvalue weighted by molar-refractivity contribution is 5.32. The van der Waals surface area contributed by atoms with Gasteiger partial charge in [0.1, 0.15) is 12.4 Å². The monoisotopic (exact) mass is 265 g/mol. The van der Waals surface area contributed by atoms with Crippen molar-refractivity contribution in [3.8, 4) is 5.75 Å². The molecule has 0 spiro atoms. The van der Waals surface area contributed by atoms with Crippen LogP contribution in [0.3, 0.4) is 0 Å². The first-order valence-corrected chi connectivity index (χ1v) is 7.05. The zero-order valence-electron chi connectivity index (χ0n) is 12.6. The van der Waals surface area contributed by atoms with Gasteiger partial charge in [0.15, 0.2) is 0 Å². The van der Waals surface area contributed by atoms with E-state index >= 15 is 0 Å². The van der Waals surface area contributed by atoms with E-state index in [1.165, 1.54) is 5.56 Å².